The molecule has 0 aliphatic heterocycles. The molecule has 0 aromatic heterocycles. The van der Waals surface area contributed by atoms with Gasteiger partial charge in [-0.05, 0) is 30.5 Å². The van der Waals surface area contributed by atoms with Gasteiger partial charge in [-0.25, -0.2) is 13.1 Å². The van der Waals surface area contributed by atoms with Gasteiger partial charge in [-0.1, -0.05) is 12.1 Å². The lowest BCUT2D eigenvalue weighted by atomic mass is 10.1. The van der Waals surface area contributed by atoms with E-state index in [0.29, 0.717) is 25.3 Å². The number of halogens is 1. The summed E-state index contributed by atoms with van der Waals surface area (Å²) in [7, 11) is -1.57. The summed E-state index contributed by atoms with van der Waals surface area (Å²) < 4.78 is 30.6. The van der Waals surface area contributed by atoms with Crippen LogP contribution in [-0.4, -0.2) is 33.7 Å². The highest BCUT2D eigenvalue weighted by Crippen LogP contribution is 2.11. The molecule has 18 heavy (non-hydrogen) atoms. The summed E-state index contributed by atoms with van der Waals surface area (Å²) in [4.78, 5) is 0. The van der Waals surface area contributed by atoms with E-state index < -0.39 is 10.0 Å². The predicted octanol–water partition coefficient (Wildman–Crippen LogP) is 1.79. The number of hydrogen-bond donors (Lipinski definition) is 1. The quantitative estimate of drug-likeness (QED) is 0.743. The Morgan fingerprint density at radius 2 is 1.94 bits per heavy atom. The second-order valence-electron chi connectivity index (χ2n) is 3.85. The molecule has 0 spiro atoms. The number of hydrogen-bond acceptors (Lipinski definition) is 3. The van der Waals surface area contributed by atoms with Crippen molar-refractivity contribution in [1.29, 1.82) is 0 Å². The van der Waals surface area contributed by atoms with Gasteiger partial charge in [0.1, 0.15) is 5.75 Å². The summed E-state index contributed by atoms with van der Waals surface area (Å²) in [5.74, 6) is 1.24. The third-order valence-electron chi connectivity index (χ3n) is 2.44. The van der Waals surface area contributed by atoms with Crippen molar-refractivity contribution < 1.29 is 13.2 Å². The lowest BCUT2D eigenvalue weighted by Crippen LogP contribution is -2.28. The highest BCUT2D eigenvalue weighted by atomic mass is 35.5. The fraction of sp³-hybridized carbons (Fsp3) is 0.500. The number of sulfonamides is 1. The Morgan fingerprint density at radius 3 is 2.50 bits per heavy atom. The zero-order valence-electron chi connectivity index (χ0n) is 10.4. The summed E-state index contributed by atoms with van der Waals surface area (Å²) >= 11 is 5.46. The lowest BCUT2D eigenvalue weighted by molar-refractivity contribution is 0.414. The summed E-state index contributed by atoms with van der Waals surface area (Å²) in [6.45, 7) is 0.400. The van der Waals surface area contributed by atoms with E-state index in [2.05, 4.69) is 4.72 Å². The molecule has 0 atom stereocenters. The van der Waals surface area contributed by atoms with Crippen LogP contribution in [0, 0.1) is 0 Å². The van der Waals surface area contributed by atoms with Crippen LogP contribution >= 0.6 is 11.6 Å². The number of nitrogens with one attached hydrogen (secondary N) is 1. The highest BCUT2D eigenvalue weighted by Gasteiger charge is 2.08. The Kier molecular flexibility index (Phi) is 6.46. The van der Waals surface area contributed by atoms with Gasteiger partial charge in [0.2, 0.25) is 10.0 Å². The second-order valence-corrected chi connectivity index (χ2v) is 6.16. The van der Waals surface area contributed by atoms with Crippen LogP contribution in [0.25, 0.3) is 0 Å². The molecule has 102 valence electrons. The Balaban J connectivity index is 2.36. The zero-order chi connectivity index (χ0) is 13.4. The van der Waals surface area contributed by atoms with Crippen molar-refractivity contribution >= 4 is 21.6 Å². The number of benzene rings is 1. The number of ether oxygens (including phenoxy) is 1. The molecule has 0 fully saturated rings. The van der Waals surface area contributed by atoms with Gasteiger partial charge in [-0.3, -0.25) is 0 Å². The van der Waals surface area contributed by atoms with Crippen LogP contribution in [0.3, 0.4) is 0 Å². The Hall–Kier alpha value is -0.780. The van der Waals surface area contributed by atoms with Crippen molar-refractivity contribution in [1.82, 2.24) is 4.72 Å². The Bertz CT molecular complexity index is 445. The molecule has 0 saturated carbocycles. The van der Waals surface area contributed by atoms with E-state index >= 15 is 0 Å². The molecule has 1 aromatic rings. The van der Waals surface area contributed by atoms with Gasteiger partial charge in [0, 0.05) is 12.4 Å². The van der Waals surface area contributed by atoms with Crippen LogP contribution in [0.4, 0.5) is 0 Å². The summed E-state index contributed by atoms with van der Waals surface area (Å²) in [5.41, 5.74) is 1.07. The SMILES string of the molecule is COc1ccc(CCNS(=O)(=O)CCCCl)cc1. The first-order valence-electron chi connectivity index (χ1n) is 5.73. The molecule has 0 amide bonds. The third kappa shape index (κ3) is 5.71. The van der Waals surface area contributed by atoms with Gasteiger partial charge < -0.3 is 4.74 Å². The van der Waals surface area contributed by atoms with Crippen molar-refractivity contribution in [3.63, 3.8) is 0 Å². The van der Waals surface area contributed by atoms with E-state index in [1.807, 2.05) is 24.3 Å². The van der Waals surface area contributed by atoms with Gasteiger partial charge in [-0.2, -0.15) is 0 Å². The van der Waals surface area contributed by atoms with E-state index in [0.717, 1.165) is 11.3 Å². The van der Waals surface area contributed by atoms with E-state index in [9.17, 15) is 8.42 Å². The Labute approximate surface area is 113 Å². The summed E-state index contributed by atoms with van der Waals surface area (Å²) in [6, 6.07) is 7.56. The highest BCUT2D eigenvalue weighted by molar-refractivity contribution is 7.89. The van der Waals surface area contributed by atoms with Crippen molar-refractivity contribution in [2.24, 2.45) is 0 Å². The van der Waals surface area contributed by atoms with Crippen LogP contribution in [0.15, 0.2) is 24.3 Å². The molecule has 1 aromatic carbocycles. The maximum Gasteiger partial charge on any atom is 0.211 e. The van der Waals surface area contributed by atoms with Crippen LogP contribution in [0.2, 0.25) is 0 Å². The molecule has 0 radical (unpaired) electrons. The molecular formula is C12H18ClNO3S. The molecule has 0 saturated heterocycles. The van der Waals surface area contributed by atoms with Crippen LogP contribution in [0.5, 0.6) is 5.75 Å². The molecule has 1 N–H and O–H groups in total. The van der Waals surface area contributed by atoms with Gasteiger partial charge in [0.05, 0.1) is 12.9 Å². The van der Waals surface area contributed by atoms with Crippen molar-refractivity contribution in [2.75, 3.05) is 25.3 Å². The molecule has 0 bridgehead atoms. The molecule has 0 heterocycles. The third-order valence-corrected chi connectivity index (χ3v) is 4.18. The number of rotatable bonds is 8. The minimum atomic E-state index is -3.19. The molecule has 0 unspecified atom stereocenters. The smallest absolute Gasteiger partial charge is 0.211 e. The van der Waals surface area contributed by atoms with Gasteiger partial charge in [-0.15, -0.1) is 11.6 Å². The van der Waals surface area contributed by atoms with Gasteiger partial charge in [0.15, 0.2) is 0 Å². The average molecular weight is 292 g/mol. The van der Waals surface area contributed by atoms with Crippen LogP contribution in [-0.2, 0) is 16.4 Å². The molecule has 4 nitrogen and oxygen atoms in total. The topological polar surface area (TPSA) is 55.4 Å². The van der Waals surface area contributed by atoms with E-state index in [4.69, 9.17) is 16.3 Å². The van der Waals surface area contributed by atoms with Crippen molar-refractivity contribution in [2.45, 2.75) is 12.8 Å². The summed E-state index contributed by atoms with van der Waals surface area (Å²) in [5, 5.41) is 0. The van der Waals surface area contributed by atoms with Crippen molar-refractivity contribution in [3.05, 3.63) is 29.8 Å². The monoisotopic (exact) mass is 291 g/mol. The first-order valence-corrected chi connectivity index (χ1v) is 7.92. The van der Waals surface area contributed by atoms with E-state index in [-0.39, 0.29) is 5.75 Å². The minimum absolute atomic E-state index is 0.0825. The molecule has 0 aliphatic rings. The lowest BCUT2D eigenvalue weighted by Gasteiger charge is -2.06. The maximum atomic E-state index is 11.5. The van der Waals surface area contributed by atoms with Gasteiger partial charge >= 0.3 is 0 Å². The Morgan fingerprint density at radius 1 is 1.28 bits per heavy atom. The first-order chi connectivity index (χ1) is 8.57. The van der Waals surface area contributed by atoms with Crippen LogP contribution < -0.4 is 9.46 Å². The van der Waals surface area contributed by atoms with E-state index in [1.54, 1.807) is 7.11 Å². The molecule has 1 rings (SSSR count). The molecule has 6 heteroatoms. The molecule has 0 aliphatic carbocycles. The predicted molar refractivity (Wildman–Crippen MR) is 73.8 cm³/mol. The average Bonchev–Trinajstić information content (AvgIpc) is 2.37. The van der Waals surface area contributed by atoms with E-state index in [1.165, 1.54) is 0 Å². The normalized spacial score (nSPS) is 11.4. The number of methoxy groups -OCH3 is 1. The van der Waals surface area contributed by atoms with Crippen LogP contribution in [0.1, 0.15) is 12.0 Å². The molecular weight excluding hydrogens is 274 g/mol. The van der Waals surface area contributed by atoms with Gasteiger partial charge in [0.25, 0.3) is 0 Å². The second kappa shape index (κ2) is 7.61. The maximum absolute atomic E-state index is 11.5. The summed E-state index contributed by atoms with van der Waals surface area (Å²) in [6.07, 6.45) is 1.13. The number of alkyl halides is 1. The van der Waals surface area contributed by atoms with Crippen molar-refractivity contribution in [3.8, 4) is 5.75 Å². The fourth-order valence-electron chi connectivity index (χ4n) is 1.46. The standard InChI is InChI=1S/C12H18ClNO3S/c1-17-12-5-3-11(4-6-12)7-9-14-18(15,16)10-2-8-13/h3-6,14H,2,7-10H2,1H3. The zero-order valence-corrected chi connectivity index (χ0v) is 11.9. The first kappa shape index (κ1) is 15.3. The fourth-order valence-corrected chi connectivity index (χ4v) is 2.83. The largest absolute Gasteiger partial charge is 0.497 e. The minimum Gasteiger partial charge on any atom is -0.497 e.